The number of hydrogen-bond acceptors (Lipinski definition) is 6. The lowest BCUT2D eigenvalue weighted by atomic mass is 9.90. The van der Waals surface area contributed by atoms with Gasteiger partial charge in [0.1, 0.15) is 22.7 Å². The van der Waals surface area contributed by atoms with Crippen LogP contribution in [0, 0.1) is 0 Å². The molecule has 0 aliphatic carbocycles. The summed E-state index contributed by atoms with van der Waals surface area (Å²) in [5.41, 5.74) is 1.53. The highest BCUT2D eigenvalue weighted by atomic mass is 16.5. The van der Waals surface area contributed by atoms with Crippen LogP contribution in [0.2, 0.25) is 0 Å². The van der Waals surface area contributed by atoms with Gasteiger partial charge in [-0.1, -0.05) is 18.2 Å². The number of fused-ring (bicyclic) bond motifs is 1. The standard InChI is InChI=1S/C22H26N2O4/c1-22(15-23(2)16-6-4-3-5-7-16)14-19(26)21-18(25)12-17(13-20(21)28-22)24-8-10-27-11-9-24/h3-7,12-13,25H,8-11,14-15H2,1-2H3. The molecule has 4 rings (SSSR count). The SMILES string of the molecule is CN(CC1(C)CC(=O)c2c(O)cc(N3CCOCC3)cc2O1)c1ccccc1. The van der Waals surface area contributed by atoms with Gasteiger partial charge in [0.2, 0.25) is 0 Å². The fourth-order valence-electron chi connectivity index (χ4n) is 4.04. The summed E-state index contributed by atoms with van der Waals surface area (Å²) >= 11 is 0. The molecule has 1 N–H and O–H groups in total. The minimum Gasteiger partial charge on any atom is -0.507 e. The lowest BCUT2D eigenvalue weighted by Crippen LogP contribution is -2.48. The summed E-state index contributed by atoms with van der Waals surface area (Å²) in [5, 5.41) is 10.5. The summed E-state index contributed by atoms with van der Waals surface area (Å²) in [5.74, 6) is 0.361. The van der Waals surface area contributed by atoms with Crippen molar-refractivity contribution >= 4 is 17.2 Å². The first kappa shape index (κ1) is 18.6. The molecule has 1 fully saturated rings. The van der Waals surface area contributed by atoms with Crippen LogP contribution in [0.5, 0.6) is 11.5 Å². The van der Waals surface area contributed by atoms with Gasteiger partial charge in [-0.3, -0.25) is 4.79 Å². The van der Waals surface area contributed by atoms with Crippen molar-refractivity contribution in [3.05, 3.63) is 48.0 Å². The van der Waals surface area contributed by atoms with Crippen molar-refractivity contribution in [2.24, 2.45) is 0 Å². The molecule has 0 amide bonds. The molecule has 1 atom stereocenters. The number of nitrogens with zero attached hydrogens (tertiary/aromatic N) is 2. The van der Waals surface area contributed by atoms with Gasteiger partial charge in [-0.25, -0.2) is 0 Å². The second kappa shape index (κ2) is 7.36. The molecule has 0 bridgehead atoms. The van der Waals surface area contributed by atoms with Crippen molar-refractivity contribution < 1.29 is 19.4 Å². The first-order chi connectivity index (χ1) is 13.5. The van der Waals surface area contributed by atoms with Crippen LogP contribution in [0.3, 0.4) is 0 Å². The maximum Gasteiger partial charge on any atom is 0.174 e. The first-order valence-electron chi connectivity index (χ1n) is 9.63. The highest BCUT2D eigenvalue weighted by molar-refractivity contribution is 6.03. The number of rotatable bonds is 4. The van der Waals surface area contributed by atoms with Gasteiger partial charge >= 0.3 is 0 Å². The highest BCUT2D eigenvalue weighted by Gasteiger charge is 2.39. The minimum absolute atomic E-state index is 0.0116. The molecule has 6 heteroatoms. The molecule has 6 nitrogen and oxygen atoms in total. The van der Waals surface area contributed by atoms with Gasteiger partial charge in [0.05, 0.1) is 26.2 Å². The Bertz CT molecular complexity index is 864. The van der Waals surface area contributed by atoms with Crippen molar-refractivity contribution in [2.75, 3.05) is 49.7 Å². The van der Waals surface area contributed by atoms with E-state index in [4.69, 9.17) is 9.47 Å². The van der Waals surface area contributed by atoms with Gasteiger partial charge in [0, 0.05) is 43.6 Å². The van der Waals surface area contributed by atoms with Crippen LogP contribution in [-0.4, -0.2) is 56.4 Å². The quantitative estimate of drug-likeness (QED) is 0.877. The fraction of sp³-hybridized carbons (Fsp3) is 0.409. The molecule has 1 unspecified atom stereocenters. The average molecular weight is 382 g/mol. The van der Waals surface area contributed by atoms with Crippen molar-refractivity contribution in [1.29, 1.82) is 0 Å². The summed E-state index contributed by atoms with van der Waals surface area (Å²) in [6.07, 6.45) is 0.224. The fourth-order valence-corrected chi connectivity index (χ4v) is 4.04. The van der Waals surface area contributed by atoms with Crippen molar-refractivity contribution in [2.45, 2.75) is 18.9 Å². The van der Waals surface area contributed by atoms with Gasteiger partial charge in [-0.2, -0.15) is 0 Å². The van der Waals surface area contributed by atoms with Gasteiger partial charge in [0.15, 0.2) is 5.78 Å². The van der Waals surface area contributed by atoms with E-state index in [1.807, 2.05) is 50.4 Å². The van der Waals surface area contributed by atoms with E-state index < -0.39 is 5.60 Å². The third-order valence-electron chi connectivity index (χ3n) is 5.38. The Morgan fingerprint density at radius 3 is 2.61 bits per heavy atom. The zero-order valence-corrected chi connectivity index (χ0v) is 16.4. The number of likely N-dealkylation sites (N-methyl/N-ethyl adjacent to an activating group) is 1. The maximum absolute atomic E-state index is 12.8. The molecule has 0 spiro atoms. The number of para-hydroxylation sites is 1. The van der Waals surface area contributed by atoms with E-state index in [1.54, 1.807) is 6.07 Å². The smallest absolute Gasteiger partial charge is 0.174 e. The normalized spacial score (nSPS) is 21.8. The lowest BCUT2D eigenvalue weighted by molar-refractivity contribution is 0.0558. The van der Waals surface area contributed by atoms with Crippen molar-refractivity contribution in [1.82, 2.24) is 0 Å². The molecule has 2 aliphatic rings. The molecule has 1 saturated heterocycles. The van der Waals surface area contributed by atoms with E-state index in [-0.39, 0.29) is 23.5 Å². The molecule has 28 heavy (non-hydrogen) atoms. The number of Topliss-reactive ketones (excluding diaryl/α,β-unsaturated/α-hetero) is 1. The molecule has 0 radical (unpaired) electrons. The van der Waals surface area contributed by atoms with E-state index in [2.05, 4.69) is 9.80 Å². The van der Waals surface area contributed by atoms with E-state index >= 15 is 0 Å². The number of phenolic OH excluding ortho intramolecular Hbond substituents is 1. The number of phenols is 1. The predicted molar refractivity (Wildman–Crippen MR) is 109 cm³/mol. The summed E-state index contributed by atoms with van der Waals surface area (Å²) in [6.45, 7) is 5.31. The summed E-state index contributed by atoms with van der Waals surface area (Å²) in [7, 11) is 1.99. The third-order valence-corrected chi connectivity index (χ3v) is 5.38. The first-order valence-corrected chi connectivity index (χ1v) is 9.63. The summed E-state index contributed by atoms with van der Waals surface area (Å²) < 4.78 is 11.7. The predicted octanol–water partition coefficient (Wildman–Crippen LogP) is 3.09. The summed E-state index contributed by atoms with van der Waals surface area (Å²) in [4.78, 5) is 17.1. The Labute approximate surface area is 165 Å². The van der Waals surface area contributed by atoms with Crippen LogP contribution >= 0.6 is 0 Å². The van der Waals surface area contributed by atoms with E-state index in [0.29, 0.717) is 25.5 Å². The lowest BCUT2D eigenvalue weighted by Gasteiger charge is -2.39. The topological polar surface area (TPSA) is 62.2 Å². The van der Waals surface area contributed by atoms with Gasteiger partial charge in [-0.15, -0.1) is 0 Å². The number of carbonyl (C=O) groups is 1. The van der Waals surface area contributed by atoms with E-state index in [9.17, 15) is 9.90 Å². The molecular formula is C22H26N2O4. The number of morpholine rings is 1. The Morgan fingerprint density at radius 2 is 1.89 bits per heavy atom. The highest BCUT2D eigenvalue weighted by Crippen LogP contribution is 2.41. The zero-order valence-electron chi connectivity index (χ0n) is 16.4. The second-order valence-corrected chi connectivity index (χ2v) is 7.78. The molecule has 2 aromatic carbocycles. The molecule has 2 heterocycles. The molecule has 2 aliphatic heterocycles. The van der Waals surface area contributed by atoms with Crippen LogP contribution in [-0.2, 0) is 4.74 Å². The van der Waals surface area contributed by atoms with Crippen LogP contribution in [0.25, 0.3) is 0 Å². The number of anilines is 2. The number of aromatic hydroxyl groups is 1. The number of carbonyl (C=O) groups excluding carboxylic acids is 1. The molecule has 148 valence electrons. The number of ether oxygens (including phenoxy) is 2. The second-order valence-electron chi connectivity index (χ2n) is 7.78. The Balaban J connectivity index is 1.60. The molecule has 0 aromatic heterocycles. The Kier molecular flexibility index (Phi) is 4.89. The zero-order chi connectivity index (χ0) is 19.7. The Morgan fingerprint density at radius 1 is 1.18 bits per heavy atom. The molecular weight excluding hydrogens is 356 g/mol. The van der Waals surface area contributed by atoms with Gasteiger partial charge in [0.25, 0.3) is 0 Å². The van der Waals surface area contributed by atoms with E-state index in [1.165, 1.54) is 0 Å². The van der Waals surface area contributed by atoms with Crippen LogP contribution in [0.4, 0.5) is 11.4 Å². The monoisotopic (exact) mass is 382 g/mol. The molecule has 0 saturated carbocycles. The Hall–Kier alpha value is -2.73. The summed E-state index contributed by atoms with van der Waals surface area (Å²) in [6, 6.07) is 13.6. The third kappa shape index (κ3) is 3.64. The van der Waals surface area contributed by atoms with Gasteiger partial charge < -0.3 is 24.4 Å². The number of ketones is 1. The van der Waals surface area contributed by atoms with E-state index in [0.717, 1.165) is 24.5 Å². The van der Waals surface area contributed by atoms with Crippen LogP contribution in [0.15, 0.2) is 42.5 Å². The van der Waals surface area contributed by atoms with Crippen molar-refractivity contribution in [3.8, 4) is 11.5 Å². The van der Waals surface area contributed by atoms with Crippen LogP contribution < -0.4 is 14.5 Å². The number of hydrogen-bond donors (Lipinski definition) is 1. The van der Waals surface area contributed by atoms with Crippen LogP contribution in [0.1, 0.15) is 23.7 Å². The largest absolute Gasteiger partial charge is 0.507 e. The van der Waals surface area contributed by atoms with Gasteiger partial charge in [-0.05, 0) is 19.1 Å². The average Bonchev–Trinajstić information content (AvgIpc) is 2.68. The minimum atomic E-state index is -0.676. The van der Waals surface area contributed by atoms with Crippen molar-refractivity contribution in [3.63, 3.8) is 0 Å². The number of benzene rings is 2. The molecule has 2 aromatic rings. The maximum atomic E-state index is 12.8.